The van der Waals surface area contributed by atoms with Gasteiger partial charge in [-0.2, -0.15) is 4.79 Å². The van der Waals surface area contributed by atoms with Crippen molar-refractivity contribution < 1.29 is 9.90 Å². The number of nitrogens with zero attached hydrogens (tertiary/aromatic N) is 3. The molecule has 0 saturated heterocycles. The van der Waals surface area contributed by atoms with Crippen molar-refractivity contribution in [1.29, 1.82) is 0 Å². The third kappa shape index (κ3) is 3.05. The van der Waals surface area contributed by atoms with Gasteiger partial charge in [-0.3, -0.25) is 0 Å². The summed E-state index contributed by atoms with van der Waals surface area (Å²) in [5.41, 5.74) is 11.5. The lowest BCUT2D eigenvalue weighted by Crippen LogP contribution is -2.21. The van der Waals surface area contributed by atoms with Crippen LogP contribution in [0.25, 0.3) is 5.53 Å². The summed E-state index contributed by atoms with van der Waals surface area (Å²) in [4.78, 5) is 5.32. The second-order valence-electron chi connectivity index (χ2n) is 3.71. The van der Waals surface area contributed by atoms with E-state index in [-0.39, 0.29) is 6.61 Å². The normalized spacial score (nSPS) is 15.5. The predicted molar refractivity (Wildman–Crippen MR) is 59.4 cm³/mol. The molecular weight excluding hydrogens is 190 g/mol. The number of hydrogen-bond donors (Lipinski definition) is 1. The summed E-state index contributed by atoms with van der Waals surface area (Å²) in [7, 11) is 1.99. The summed E-state index contributed by atoms with van der Waals surface area (Å²) < 4.78 is 0. The molecule has 0 unspecified atom stereocenters. The molecule has 15 heavy (non-hydrogen) atoms. The van der Waals surface area contributed by atoms with E-state index < -0.39 is 0 Å². The van der Waals surface area contributed by atoms with Gasteiger partial charge in [-0.1, -0.05) is 0 Å². The van der Waals surface area contributed by atoms with Gasteiger partial charge in [-0.05, 0) is 25.5 Å². The molecular formula is C11H17N3O. The van der Waals surface area contributed by atoms with Crippen LogP contribution < -0.4 is 0 Å². The second-order valence-corrected chi connectivity index (χ2v) is 3.71. The van der Waals surface area contributed by atoms with Crippen LogP contribution in [-0.4, -0.2) is 40.7 Å². The van der Waals surface area contributed by atoms with E-state index in [2.05, 4.69) is 9.69 Å². The third-order valence-electron chi connectivity index (χ3n) is 2.54. The van der Waals surface area contributed by atoms with Crippen molar-refractivity contribution in [3.05, 3.63) is 29.0 Å². The Hall–Kier alpha value is -1.38. The van der Waals surface area contributed by atoms with Crippen LogP contribution in [0.5, 0.6) is 0 Å². The molecule has 1 aliphatic rings. The van der Waals surface area contributed by atoms with E-state index in [1.165, 1.54) is 0 Å². The lowest BCUT2D eigenvalue weighted by Gasteiger charge is -2.21. The Morgan fingerprint density at radius 1 is 1.60 bits per heavy atom. The third-order valence-corrected chi connectivity index (χ3v) is 2.54. The zero-order chi connectivity index (χ0) is 11.3. The van der Waals surface area contributed by atoms with Crippen LogP contribution in [-0.2, 0) is 0 Å². The second kappa shape index (κ2) is 5.49. The van der Waals surface area contributed by atoms with Crippen LogP contribution in [0.15, 0.2) is 23.4 Å². The van der Waals surface area contributed by atoms with E-state index in [1.807, 2.05) is 26.1 Å². The summed E-state index contributed by atoms with van der Waals surface area (Å²) in [6, 6.07) is 0. The first kappa shape index (κ1) is 11.7. The number of rotatable bonds is 4. The first-order valence-electron chi connectivity index (χ1n) is 5.10. The van der Waals surface area contributed by atoms with Gasteiger partial charge >= 0.3 is 0 Å². The number of aliphatic hydroxyl groups is 1. The summed E-state index contributed by atoms with van der Waals surface area (Å²) in [5.74, 6) is 0. The van der Waals surface area contributed by atoms with E-state index in [9.17, 15) is 0 Å². The Balaban J connectivity index is 2.67. The molecule has 0 amide bonds. The minimum absolute atomic E-state index is 0.212. The highest BCUT2D eigenvalue weighted by Crippen LogP contribution is 2.16. The van der Waals surface area contributed by atoms with Crippen LogP contribution in [0.2, 0.25) is 0 Å². The number of likely N-dealkylation sites (N-methyl/N-ethyl adjacent to an activating group) is 1. The number of hydrogen-bond acceptors (Lipinski definition) is 2. The lowest BCUT2D eigenvalue weighted by atomic mass is 10.0. The average molecular weight is 207 g/mol. The molecule has 1 aliphatic carbocycles. The Morgan fingerprint density at radius 2 is 2.33 bits per heavy atom. The molecule has 0 aliphatic heterocycles. The molecule has 0 heterocycles. The van der Waals surface area contributed by atoms with Crippen LogP contribution >= 0.6 is 0 Å². The minimum Gasteiger partial charge on any atom is -0.396 e. The molecule has 0 bridgehead atoms. The zero-order valence-electron chi connectivity index (χ0n) is 9.27. The van der Waals surface area contributed by atoms with Crippen LogP contribution in [0.4, 0.5) is 0 Å². The highest BCUT2D eigenvalue weighted by Gasteiger charge is 2.16. The van der Waals surface area contributed by atoms with Gasteiger partial charge in [0.05, 0.1) is 6.42 Å². The summed E-state index contributed by atoms with van der Waals surface area (Å²) in [5, 5.41) is 8.73. The van der Waals surface area contributed by atoms with E-state index >= 15 is 0 Å². The molecule has 0 aromatic heterocycles. The Morgan fingerprint density at radius 3 is 2.87 bits per heavy atom. The standard InChI is InChI=1S/C11H17N3O/c1-9-8-10(4-5-11(9)13-12)14(2)6-3-7-15/h4,8,15H,3,5-7H2,1-2H3. The molecule has 0 aromatic carbocycles. The Labute approximate surface area is 90.1 Å². The molecule has 0 atom stereocenters. The number of allylic oxidation sites excluding steroid dienone is 3. The van der Waals surface area contributed by atoms with Gasteiger partial charge in [0.25, 0.3) is 5.71 Å². The maximum Gasteiger partial charge on any atom is 0.298 e. The molecule has 0 fully saturated rings. The van der Waals surface area contributed by atoms with Crippen LogP contribution in [0, 0.1) is 0 Å². The van der Waals surface area contributed by atoms with Gasteiger partial charge in [-0.25, -0.2) is 0 Å². The lowest BCUT2D eigenvalue weighted by molar-refractivity contribution is -0.00653. The minimum atomic E-state index is 0.212. The van der Waals surface area contributed by atoms with E-state index in [0.29, 0.717) is 12.1 Å². The van der Waals surface area contributed by atoms with Gasteiger partial charge in [0, 0.05) is 31.5 Å². The molecule has 0 spiro atoms. The SMILES string of the molecule is CC1=CC(N(C)CCCO)=CCC1=[N+]=[N-]. The van der Waals surface area contributed by atoms with Crippen molar-refractivity contribution >= 4 is 5.71 Å². The van der Waals surface area contributed by atoms with Crippen LogP contribution in [0.3, 0.4) is 0 Å². The Bertz CT molecular complexity index is 338. The van der Waals surface area contributed by atoms with Gasteiger partial charge < -0.3 is 15.5 Å². The fraction of sp³-hybridized carbons (Fsp3) is 0.545. The van der Waals surface area contributed by atoms with Crippen molar-refractivity contribution in [3.63, 3.8) is 0 Å². The maximum absolute atomic E-state index is 8.73. The molecule has 1 rings (SSSR count). The topological polar surface area (TPSA) is 59.9 Å². The van der Waals surface area contributed by atoms with Gasteiger partial charge in [0.1, 0.15) is 0 Å². The van der Waals surface area contributed by atoms with Crippen molar-refractivity contribution in [1.82, 2.24) is 4.90 Å². The molecule has 4 heteroatoms. The van der Waals surface area contributed by atoms with Crippen molar-refractivity contribution in [3.8, 4) is 0 Å². The molecule has 0 saturated carbocycles. The molecule has 82 valence electrons. The average Bonchev–Trinajstić information content (AvgIpc) is 2.25. The first-order valence-corrected chi connectivity index (χ1v) is 5.10. The largest absolute Gasteiger partial charge is 0.396 e. The fourth-order valence-corrected chi connectivity index (χ4v) is 1.55. The molecule has 1 N–H and O–H groups in total. The van der Waals surface area contributed by atoms with Gasteiger partial charge in [-0.15, -0.1) is 0 Å². The van der Waals surface area contributed by atoms with E-state index in [0.717, 1.165) is 24.2 Å². The first-order chi connectivity index (χ1) is 7.19. The maximum atomic E-state index is 8.73. The fourth-order valence-electron chi connectivity index (χ4n) is 1.55. The molecule has 0 radical (unpaired) electrons. The van der Waals surface area contributed by atoms with Crippen molar-refractivity contribution in [2.45, 2.75) is 19.8 Å². The van der Waals surface area contributed by atoms with Crippen molar-refractivity contribution in [2.24, 2.45) is 0 Å². The summed E-state index contributed by atoms with van der Waals surface area (Å²) in [6.45, 7) is 2.98. The van der Waals surface area contributed by atoms with E-state index in [4.69, 9.17) is 10.6 Å². The summed E-state index contributed by atoms with van der Waals surface area (Å²) >= 11 is 0. The molecule has 4 nitrogen and oxygen atoms in total. The predicted octanol–water partition coefficient (Wildman–Crippen LogP) is 1.21. The smallest absolute Gasteiger partial charge is 0.298 e. The summed E-state index contributed by atoms with van der Waals surface area (Å²) in [6.07, 6.45) is 5.45. The highest BCUT2D eigenvalue weighted by molar-refractivity contribution is 5.97. The number of aliphatic hydroxyl groups excluding tert-OH is 1. The monoisotopic (exact) mass is 207 g/mol. The zero-order valence-corrected chi connectivity index (χ0v) is 9.27. The van der Waals surface area contributed by atoms with E-state index in [1.54, 1.807) is 0 Å². The van der Waals surface area contributed by atoms with Crippen LogP contribution in [0.1, 0.15) is 19.8 Å². The molecule has 0 aromatic rings. The van der Waals surface area contributed by atoms with Gasteiger partial charge in [0.2, 0.25) is 0 Å². The van der Waals surface area contributed by atoms with Crippen molar-refractivity contribution in [2.75, 3.05) is 20.2 Å². The Kier molecular flexibility index (Phi) is 4.28. The quantitative estimate of drug-likeness (QED) is 0.556. The highest BCUT2D eigenvalue weighted by atomic mass is 16.3. The van der Waals surface area contributed by atoms with Gasteiger partial charge in [0.15, 0.2) is 0 Å².